The first-order chi connectivity index (χ1) is 9.15. The molecule has 3 heteroatoms. The van der Waals surface area contributed by atoms with Crippen LogP contribution in [0.4, 0.5) is 0 Å². The van der Waals surface area contributed by atoms with Crippen molar-refractivity contribution in [1.29, 1.82) is 5.26 Å². The van der Waals surface area contributed by atoms with Crippen molar-refractivity contribution in [3.05, 3.63) is 0 Å². The van der Waals surface area contributed by atoms with Crippen LogP contribution < -0.4 is 5.32 Å². The SMILES string of the molecule is CCC1CCC(N(C)CC(C#N)(NC)C2CC2)CC1. The van der Waals surface area contributed by atoms with Crippen LogP contribution in [-0.2, 0) is 0 Å². The van der Waals surface area contributed by atoms with Crippen molar-refractivity contribution in [2.24, 2.45) is 11.8 Å². The minimum atomic E-state index is -0.309. The molecule has 0 aromatic rings. The second kappa shape index (κ2) is 6.24. The fraction of sp³-hybridized carbons (Fsp3) is 0.938. The molecule has 2 aliphatic carbocycles. The molecule has 2 saturated carbocycles. The van der Waals surface area contributed by atoms with Crippen LogP contribution >= 0.6 is 0 Å². The molecule has 0 heterocycles. The Morgan fingerprint density at radius 1 is 1.21 bits per heavy atom. The Labute approximate surface area is 118 Å². The van der Waals surface area contributed by atoms with Gasteiger partial charge < -0.3 is 10.2 Å². The van der Waals surface area contributed by atoms with Gasteiger partial charge in [-0.2, -0.15) is 5.26 Å². The molecule has 3 nitrogen and oxygen atoms in total. The Morgan fingerprint density at radius 3 is 2.26 bits per heavy atom. The number of hydrogen-bond acceptors (Lipinski definition) is 3. The molecule has 2 fully saturated rings. The minimum Gasteiger partial charge on any atom is -0.301 e. The first kappa shape index (κ1) is 14.8. The molecule has 1 N–H and O–H groups in total. The average Bonchev–Trinajstić information content (AvgIpc) is 3.30. The van der Waals surface area contributed by atoms with Crippen molar-refractivity contribution in [2.75, 3.05) is 20.6 Å². The molecule has 0 amide bonds. The van der Waals surface area contributed by atoms with Gasteiger partial charge in [-0.1, -0.05) is 13.3 Å². The Kier molecular flexibility index (Phi) is 4.86. The highest BCUT2D eigenvalue weighted by molar-refractivity contribution is 5.16. The summed E-state index contributed by atoms with van der Waals surface area (Å²) in [6.07, 6.45) is 9.12. The van der Waals surface area contributed by atoms with Gasteiger partial charge in [0.1, 0.15) is 5.54 Å². The molecular formula is C16H29N3. The second-order valence-corrected chi connectivity index (χ2v) is 6.61. The standard InChI is InChI=1S/C16H29N3/c1-4-13-5-9-15(10-6-13)19(3)12-16(11-17,18-2)14-7-8-14/h13-15,18H,4-10,12H2,1-3H3. The van der Waals surface area contributed by atoms with Crippen molar-refractivity contribution >= 4 is 0 Å². The first-order valence-corrected chi connectivity index (χ1v) is 7.95. The monoisotopic (exact) mass is 263 g/mol. The van der Waals surface area contributed by atoms with Crippen LogP contribution in [0.2, 0.25) is 0 Å². The summed E-state index contributed by atoms with van der Waals surface area (Å²) in [5.74, 6) is 1.51. The molecular weight excluding hydrogens is 234 g/mol. The third-order valence-corrected chi connectivity index (χ3v) is 5.44. The maximum Gasteiger partial charge on any atom is 0.122 e. The molecule has 2 aliphatic rings. The van der Waals surface area contributed by atoms with E-state index in [-0.39, 0.29) is 5.54 Å². The van der Waals surface area contributed by atoms with Crippen LogP contribution in [0, 0.1) is 23.2 Å². The molecule has 0 aromatic heterocycles. The number of nitrogens with one attached hydrogen (secondary N) is 1. The van der Waals surface area contributed by atoms with Crippen molar-refractivity contribution in [2.45, 2.75) is 63.5 Å². The van der Waals surface area contributed by atoms with Crippen LogP contribution in [0.15, 0.2) is 0 Å². The highest BCUT2D eigenvalue weighted by Crippen LogP contribution is 2.40. The summed E-state index contributed by atoms with van der Waals surface area (Å²) in [7, 11) is 4.16. The van der Waals surface area contributed by atoms with Crippen LogP contribution in [0.3, 0.4) is 0 Å². The van der Waals surface area contributed by atoms with Crippen molar-refractivity contribution in [1.82, 2.24) is 10.2 Å². The maximum atomic E-state index is 9.58. The van der Waals surface area contributed by atoms with Gasteiger partial charge >= 0.3 is 0 Å². The normalized spacial score (nSPS) is 30.9. The topological polar surface area (TPSA) is 39.1 Å². The lowest BCUT2D eigenvalue weighted by atomic mass is 9.83. The predicted octanol–water partition coefficient (Wildman–Crippen LogP) is 2.78. The number of likely N-dealkylation sites (N-methyl/N-ethyl adjacent to an activating group) is 2. The smallest absolute Gasteiger partial charge is 0.122 e. The molecule has 1 atom stereocenters. The van der Waals surface area contributed by atoms with Gasteiger partial charge in [0.15, 0.2) is 0 Å². The molecule has 0 aliphatic heterocycles. The van der Waals surface area contributed by atoms with Gasteiger partial charge in [0, 0.05) is 12.6 Å². The van der Waals surface area contributed by atoms with E-state index < -0.39 is 0 Å². The van der Waals surface area contributed by atoms with Gasteiger partial charge in [-0.25, -0.2) is 0 Å². The van der Waals surface area contributed by atoms with E-state index in [1.165, 1.54) is 44.9 Å². The van der Waals surface area contributed by atoms with Gasteiger partial charge in [-0.05, 0) is 64.5 Å². The van der Waals surface area contributed by atoms with E-state index in [2.05, 4.69) is 30.3 Å². The summed E-state index contributed by atoms with van der Waals surface area (Å²) >= 11 is 0. The van der Waals surface area contributed by atoms with Crippen LogP contribution in [-0.4, -0.2) is 37.1 Å². The fourth-order valence-electron chi connectivity index (χ4n) is 3.69. The fourth-order valence-corrected chi connectivity index (χ4v) is 3.69. The zero-order chi connectivity index (χ0) is 13.9. The van der Waals surface area contributed by atoms with E-state index in [0.29, 0.717) is 12.0 Å². The van der Waals surface area contributed by atoms with E-state index in [0.717, 1.165) is 12.5 Å². The molecule has 0 aromatic carbocycles. The van der Waals surface area contributed by atoms with Crippen LogP contribution in [0.25, 0.3) is 0 Å². The Morgan fingerprint density at radius 2 is 1.84 bits per heavy atom. The van der Waals surface area contributed by atoms with Crippen molar-refractivity contribution in [3.8, 4) is 6.07 Å². The first-order valence-electron chi connectivity index (χ1n) is 7.95. The molecule has 19 heavy (non-hydrogen) atoms. The summed E-state index contributed by atoms with van der Waals surface area (Å²) in [5.41, 5.74) is -0.309. The average molecular weight is 263 g/mol. The van der Waals surface area contributed by atoms with Gasteiger partial charge in [0.25, 0.3) is 0 Å². The molecule has 0 radical (unpaired) electrons. The van der Waals surface area contributed by atoms with Gasteiger partial charge in [0.05, 0.1) is 6.07 Å². The minimum absolute atomic E-state index is 0.309. The summed E-state index contributed by atoms with van der Waals surface area (Å²) in [6, 6.07) is 3.25. The van der Waals surface area contributed by atoms with Crippen molar-refractivity contribution < 1.29 is 0 Å². The highest BCUT2D eigenvalue weighted by Gasteiger charge is 2.46. The second-order valence-electron chi connectivity index (χ2n) is 6.61. The number of nitriles is 1. The largest absolute Gasteiger partial charge is 0.301 e. The Bertz CT molecular complexity index is 323. The maximum absolute atomic E-state index is 9.58. The molecule has 0 bridgehead atoms. The number of hydrogen-bond donors (Lipinski definition) is 1. The number of rotatable bonds is 6. The molecule has 2 rings (SSSR count). The quantitative estimate of drug-likeness (QED) is 0.801. The Hall–Kier alpha value is -0.590. The molecule has 1 unspecified atom stereocenters. The lowest BCUT2D eigenvalue weighted by Gasteiger charge is -2.39. The summed E-state index contributed by atoms with van der Waals surface area (Å²) in [6.45, 7) is 3.19. The Balaban J connectivity index is 1.89. The number of nitrogens with zero attached hydrogens (tertiary/aromatic N) is 2. The van der Waals surface area contributed by atoms with Gasteiger partial charge in [-0.15, -0.1) is 0 Å². The molecule has 0 saturated heterocycles. The van der Waals surface area contributed by atoms with E-state index in [1.54, 1.807) is 0 Å². The van der Waals surface area contributed by atoms with E-state index in [9.17, 15) is 5.26 Å². The molecule has 0 spiro atoms. The van der Waals surface area contributed by atoms with E-state index >= 15 is 0 Å². The highest BCUT2D eigenvalue weighted by atomic mass is 15.2. The van der Waals surface area contributed by atoms with E-state index in [4.69, 9.17) is 0 Å². The molecule has 108 valence electrons. The van der Waals surface area contributed by atoms with E-state index in [1.807, 2.05) is 7.05 Å². The zero-order valence-corrected chi connectivity index (χ0v) is 12.8. The lowest BCUT2D eigenvalue weighted by molar-refractivity contribution is 0.132. The van der Waals surface area contributed by atoms with Crippen molar-refractivity contribution in [3.63, 3.8) is 0 Å². The van der Waals surface area contributed by atoms with Gasteiger partial charge in [-0.3, -0.25) is 0 Å². The summed E-state index contributed by atoms with van der Waals surface area (Å²) in [4.78, 5) is 2.45. The van der Waals surface area contributed by atoms with Gasteiger partial charge in [0.2, 0.25) is 0 Å². The summed E-state index contributed by atoms with van der Waals surface area (Å²) in [5, 5.41) is 12.9. The van der Waals surface area contributed by atoms with Crippen LogP contribution in [0.5, 0.6) is 0 Å². The predicted molar refractivity (Wildman–Crippen MR) is 78.8 cm³/mol. The van der Waals surface area contributed by atoms with Crippen LogP contribution in [0.1, 0.15) is 51.9 Å². The third kappa shape index (κ3) is 3.30. The summed E-state index contributed by atoms with van der Waals surface area (Å²) < 4.78 is 0. The zero-order valence-electron chi connectivity index (χ0n) is 12.8. The third-order valence-electron chi connectivity index (χ3n) is 5.44. The lowest BCUT2D eigenvalue weighted by Crippen LogP contribution is -2.54.